The summed E-state index contributed by atoms with van der Waals surface area (Å²) in [5.41, 5.74) is 1.88. The maximum Gasteiger partial charge on any atom is 0.337 e. The first-order valence-corrected chi connectivity index (χ1v) is 6.92. The lowest BCUT2D eigenvalue weighted by Crippen LogP contribution is -2.00. The van der Waals surface area contributed by atoms with Crippen LogP contribution in [-0.2, 0) is 4.74 Å². The molecule has 0 aliphatic rings. The number of carbonyl (C=O) groups is 1. The van der Waals surface area contributed by atoms with Crippen molar-refractivity contribution >= 4 is 40.3 Å². The number of nitrogens with zero attached hydrogens (tertiary/aromatic N) is 1. The highest BCUT2D eigenvalue weighted by Crippen LogP contribution is 2.36. The first kappa shape index (κ1) is 14.7. The van der Waals surface area contributed by atoms with Crippen LogP contribution in [0.25, 0.3) is 22.6 Å². The second-order valence-electron chi connectivity index (χ2n) is 4.48. The number of carbonyl (C=O) groups excluding carboxylic acids is 1. The topological polar surface area (TPSA) is 72.6 Å². The molecule has 0 atom stereocenters. The van der Waals surface area contributed by atoms with Gasteiger partial charge in [-0.1, -0.05) is 23.2 Å². The van der Waals surface area contributed by atoms with E-state index in [-0.39, 0.29) is 21.7 Å². The van der Waals surface area contributed by atoms with Crippen LogP contribution in [0.2, 0.25) is 10.0 Å². The molecule has 1 heterocycles. The normalized spacial score (nSPS) is 10.9. The lowest BCUT2D eigenvalue weighted by Gasteiger charge is -2.01. The van der Waals surface area contributed by atoms with E-state index in [1.807, 2.05) is 0 Å². The van der Waals surface area contributed by atoms with E-state index in [0.717, 1.165) is 0 Å². The average Bonchev–Trinajstić information content (AvgIpc) is 2.94. The van der Waals surface area contributed by atoms with Crippen molar-refractivity contribution in [2.45, 2.75) is 0 Å². The number of aromatic nitrogens is 1. The van der Waals surface area contributed by atoms with Crippen molar-refractivity contribution in [1.29, 1.82) is 0 Å². The second-order valence-corrected chi connectivity index (χ2v) is 5.30. The van der Waals surface area contributed by atoms with Crippen molar-refractivity contribution in [3.05, 3.63) is 45.9 Å². The van der Waals surface area contributed by atoms with E-state index in [9.17, 15) is 9.90 Å². The van der Waals surface area contributed by atoms with Gasteiger partial charge in [-0.15, -0.1) is 0 Å². The molecular weight excluding hydrogens is 329 g/mol. The SMILES string of the molecule is COC(=O)c1ccc2nc(-c3cc(Cl)c(O)c(Cl)c3)oc2c1. The van der Waals surface area contributed by atoms with E-state index in [2.05, 4.69) is 9.72 Å². The van der Waals surface area contributed by atoms with Gasteiger partial charge in [-0.05, 0) is 30.3 Å². The first-order valence-electron chi connectivity index (χ1n) is 6.17. The van der Waals surface area contributed by atoms with Gasteiger partial charge in [-0.25, -0.2) is 9.78 Å². The van der Waals surface area contributed by atoms with E-state index < -0.39 is 5.97 Å². The fourth-order valence-corrected chi connectivity index (χ4v) is 2.47. The van der Waals surface area contributed by atoms with Crippen LogP contribution in [0.3, 0.4) is 0 Å². The van der Waals surface area contributed by atoms with Crippen LogP contribution in [-0.4, -0.2) is 23.2 Å². The fraction of sp³-hybridized carbons (Fsp3) is 0.0667. The molecule has 7 heteroatoms. The molecule has 3 rings (SSSR count). The number of benzene rings is 2. The van der Waals surface area contributed by atoms with E-state index in [1.165, 1.54) is 19.2 Å². The predicted octanol–water partition coefficient (Wildman–Crippen LogP) is 4.29. The lowest BCUT2D eigenvalue weighted by atomic mass is 10.2. The molecule has 0 radical (unpaired) electrons. The van der Waals surface area contributed by atoms with Crippen molar-refractivity contribution < 1.29 is 19.1 Å². The number of hydrogen-bond donors (Lipinski definition) is 1. The zero-order chi connectivity index (χ0) is 15.9. The number of halogens is 2. The molecule has 0 saturated heterocycles. The molecule has 0 aliphatic carbocycles. The van der Waals surface area contributed by atoms with Crippen molar-refractivity contribution in [3.63, 3.8) is 0 Å². The first-order chi connectivity index (χ1) is 10.5. The molecule has 1 aromatic heterocycles. The number of ether oxygens (including phenoxy) is 1. The summed E-state index contributed by atoms with van der Waals surface area (Å²) in [5.74, 6) is -0.382. The molecule has 0 spiro atoms. The van der Waals surface area contributed by atoms with Crippen LogP contribution >= 0.6 is 23.2 Å². The molecule has 0 amide bonds. The summed E-state index contributed by atoms with van der Waals surface area (Å²) in [6, 6.07) is 7.78. The van der Waals surface area contributed by atoms with Crippen LogP contribution in [0.1, 0.15) is 10.4 Å². The summed E-state index contributed by atoms with van der Waals surface area (Å²) >= 11 is 11.8. The molecule has 0 aliphatic heterocycles. The lowest BCUT2D eigenvalue weighted by molar-refractivity contribution is 0.0601. The minimum absolute atomic E-state index is 0.0972. The number of hydrogen-bond acceptors (Lipinski definition) is 5. The van der Waals surface area contributed by atoms with E-state index >= 15 is 0 Å². The van der Waals surface area contributed by atoms with Crippen molar-refractivity contribution in [2.24, 2.45) is 0 Å². The largest absolute Gasteiger partial charge is 0.505 e. The second kappa shape index (κ2) is 5.51. The monoisotopic (exact) mass is 337 g/mol. The predicted molar refractivity (Wildman–Crippen MR) is 82.5 cm³/mol. The quantitative estimate of drug-likeness (QED) is 0.706. The van der Waals surface area contributed by atoms with Crippen molar-refractivity contribution in [1.82, 2.24) is 4.98 Å². The average molecular weight is 338 g/mol. The van der Waals surface area contributed by atoms with Crippen LogP contribution < -0.4 is 0 Å². The number of fused-ring (bicyclic) bond motifs is 1. The highest BCUT2D eigenvalue weighted by atomic mass is 35.5. The summed E-state index contributed by atoms with van der Waals surface area (Å²) in [5, 5.41) is 9.77. The number of methoxy groups -OCH3 is 1. The van der Waals surface area contributed by atoms with Gasteiger partial charge in [-0.3, -0.25) is 0 Å². The summed E-state index contributed by atoms with van der Waals surface area (Å²) in [4.78, 5) is 15.8. The highest BCUT2D eigenvalue weighted by Gasteiger charge is 2.15. The molecule has 1 N–H and O–H groups in total. The minimum atomic E-state index is -0.462. The summed E-state index contributed by atoms with van der Waals surface area (Å²) in [6.07, 6.45) is 0. The van der Waals surface area contributed by atoms with Gasteiger partial charge in [0.05, 0.1) is 22.7 Å². The van der Waals surface area contributed by atoms with E-state index in [1.54, 1.807) is 18.2 Å². The molecule has 22 heavy (non-hydrogen) atoms. The molecule has 0 fully saturated rings. The number of rotatable bonds is 2. The number of oxazole rings is 1. The molecule has 0 bridgehead atoms. The molecule has 5 nitrogen and oxygen atoms in total. The highest BCUT2D eigenvalue weighted by molar-refractivity contribution is 6.37. The third kappa shape index (κ3) is 2.49. The van der Waals surface area contributed by atoms with Crippen molar-refractivity contribution in [3.8, 4) is 17.2 Å². The van der Waals surface area contributed by atoms with Gasteiger partial charge in [-0.2, -0.15) is 0 Å². The fourth-order valence-electron chi connectivity index (χ4n) is 1.98. The van der Waals surface area contributed by atoms with Gasteiger partial charge in [0.1, 0.15) is 5.52 Å². The maximum absolute atomic E-state index is 11.5. The van der Waals surface area contributed by atoms with Crippen molar-refractivity contribution in [2.75, 3.05) is 7.11 Å². The summed E-state index contributed by atoms with van der Waals surface area (Å²) in [7, 11) is 1.30. The van der Waals surface area contributed by atoms with Gasteiger partial charge in [0.15, 0.2) is 11.3 Å². The van der Waals surface area contributed by atoms with Crippen LogP contribution in [0.4, 0.5) is 0 Å². The molecule has 0 saturated carbocycles. The third-order valence-electron chi connectivity index (χ3n) is 3.07. The maximum atomic E-state index is 11.5. The van der Waals surface area contributed by atoms with Crippen LogP contribution in [0, 0.1) is 0 Å². The van der Waals surface area contributed by atoms with Gasteiger partial charge < -0.3 is 14.3 Å². The van der Waals surface area contributed by atoms with E-state index in [0.29, 0.717) is 22.2 Å². The Kier molecular flexibility index (Phi) is 3.68. The molecule has 2 aromatic carbocycles. The summed E-state index contributed by atoms with van der Waals surface area (Å²) in [6.45, 7) is 0. The van der Waals surface area contributed by atoms with Gasteiger partial charge in [0.25, 0.3) is 0 Å². The summed E-state index contributed by atoms with van der Waals surface area (Å²) < 4.78 is 10.3. The number of esters is 1. The Bertz CT molecular complexity index is 865. The Balaban J connectivity index is 2.11. The third-order valence-corrected chi connectivity index (χ3v) is 3.65. The molecule has 112 valence electrons. The van der Waals surface area contributed by atoms with Gasteiger partial charge in [0, 0.05) is 5.56 Å². The Hall–Kier alpha value is -2.24. The smallest absolute Gasteiger partial charge is 0.337 e. The zero-order valence-corrected chi connectivity index (χ0v) is 12.8. The zero-order valence-electron chi connectivity index (χ0n) is 11.3. The van der Waals surface area contributed by atoms with E-state index in [4.69, 9.17) is 27.6 Å². The van der Waals surface area contributed by atoms with Crippen LogP contribution in [0.5, 0.6) is 5.75 Å². The molecule has 0 unspecified atom stereocenters. The van der Waals surface area contributed by atoms with Gasteiger partial charge in [0.2, 0.25) is 5.89 Å². The Morgan fingerprint density at radius 3 is 2.55 bits per heavy atom. The number of aromatic hydroxyl groups is 1. The Morgan fingerprint density at radius 1 is 1.23 bits per heavy atom. The number of phenolic OH excluding ortho intramolecular Hbond substituents is 1. The Morgan fingerprint density at radius 2 is 1.91 bits per heavy atom. The van der Waals surface area contributed by atoms with Crippen LogP contribution in [0.15, 0.2) is 34.7 Å². The molecule has 3 aromatic rings. The minimum Gasteiger partial charge on any atom is -0.505 e. The number of phenols is 1. The van der Waals surface area contributed by atoms with Gasteiger partial charge >= 0.3 is 5.97 Å². The standard InChI is InChI=1S/C15H9Cl2NO4/c1-21-15(20)7-2-3-11-12(6-7)22-14(18-11)8-4-9(16)13(19)10(17)5-8/h2-6,19H,1H3. The Labute approximate surface area is 135 Å². The molecular formula is C15H9Cl2NO4.